The maximum absolute atomic E-state index is 12.3. The molecule has 1 aliphatic heterocycles. The number of carbonyl (C=O) groups excluding carboxylic acids is 2. The summed E-state index contributed by atoms with van der Waals surface area (Å²) in [5, 5.41) is 3.92. The molecule has 1 aromatic carbocycles. The van der Waals surface area contributed by atoms with Crippen LogP contribution in [-0.4, -0.2) is 41.0 Å². The lowest BCUT2D eigenvalue weighted by molar-refractivity contribution is -0.127. The molecule has 6 nitrogen and oxygen atoms in total. The smallest absolute Gasteiger partial charge is 0.319 e. The maximum atomic E-state index is 12.3. The minimum atomic E-state index is -0.221. The summed E-state index contributed by atoms with van der Waals surface area (Å²) in [4.78, 5) is 27.5. The van der Waals surface area contributed by atoms with Crippen molar-refractivity contribution in [3.05, 3.63) is 35.6 Å². The van der Waals surface area contributed by atoms with Crippen molar-refractivity contribution in [2.75, 3.05) is 13.2 Å². The van der Waals surface area contributed by atoms with E-state index in [2.05, 4.69) is 5.32 Å². The predicted molar refractivity (Wildman–Crippen MR) is 84.6 cm³/mol. The predicted octanol–water partition coefficient (Wildman–Crippen LogP) is 2.21. The van der Waals surface area contributed by atoms with E-state index in [9.17, 15) is 9.59 Å². The van der Waals surface area contributed by atoms with Crippen molar-refractivity contribution in [3.8, 4) is 0 Å². The highest BCUT2D eigenvalue weighted by atomic mass is 16.3. The number of nitrogens with one attached hydrogen (secondary N) is 1. The first-order valence-electron chi connectivity index (χ1n) is 7.93. The Balaban J connectivity index is 1.41. The summed E-state index contributed by atoms with van der Waals surface area (Å²) in [6, 6.07) is 7.94. The van der Waals surface area contributed by atoms with Crippen LogP contribution in [0.25, 0.3) is 11.0 Å². The second kappa shape index (κ2) is 5.30. The third kappa shape index (κ3) is 2.54. The fraction of sp³-hybridized carbons (Fsp3) is 0.412. The van der Waals surface area contributed by atoms with E-state index in [0.717, 1.165) is 35.1 Å². The van der Waals surface area contributed by atoms with Crippen molar-refractivity contribution < 1.29 is 14.0 Å². The first-order chi connectivity index (χ1) is 11.1. The monoisotopic (exact) mass is 313 g/mol. The molecule has 2 aromatic rings. The van der Waals surface area contributed by atoms with Crippen LogP contribution in [0, 0.1) is 6.92 Å². The van der Waals surface area contributed by atoms with Crippen LogP contribution in [0.3, 0.4) is 0 Å². The van der Waals surface area contributed by atoms with Crippen LogP contribution in [0.1, 0.15) is 24.2 Å². The number of hydrogen-bond acceptors (Lipinski definition) is 3. The Kier molecular flexibility index (Phi) is 3.25. The molecule has 0 radical (unpaired) electrons. The Morgan fingerprint density at radius 2 is 2.13 bits per heavy atom. The Morgan fingerprint density at radius 1 is 1.35 bits per heavy atom. The van der Waals surface area contributed by atoms with Gasteiger partial charge in [-0.05, 0) is 25.8 Å². The van der Waals surface area contributed by atoms with Crippen molar-refractivity contribution in [1.29, 1.82) is 0 Å². The van der Waals surface area contributed by atoms with Crippen LogP contribution in [0.4, 0.5) is 4.79 Å². The van der Waals surface area contributed by atoms with Crippen LogP contribution in [0.5, 0.6) is 0 Å². The molecule has 1 N–H and O–H groups in total. The van der Waals surface area contributed by atoms with Gasteiger partial charge >= 0.3 is 6.03 Å². The fourth-order valence-electron chi connectivity index (χ4n) is 3.07. The van der Waals surface area contributed by atoms with Gasteiger partial charge in [-0.3, -0.25) is 9.69 Å². The number of fused-ring (bicyclic) bond motifs is 1. The molecule has 0 spiro atoms. The van der Waals surface area contributed by atoms with E-state index >= 15 is 0 Å². The van der Waals surface area contributed by atoms with E-state index in [4.69, 9.17) is 4.42 Å². The lowest BCUT2D eigenvalue weighted by atomic mass is 10.1. The number of urea groups is 1. The highest BCUT2D eigenvalue weighted by Crippen LogP contribution is 2.29. The number of nitrogens with zero attached hydrogens (tertiary/aromatic N) is 2. The minimum absolute atomic E-state index is 0.0440. The third-order valence-electron chi connectivity index (χ3n) is 4.59. The minimum Gasteiger partial charge on any atom is -0.459 e. The molecule has 120 valence electrons. The average Bonchev–Trinajstić information content (AvgIpc) is 3.25. The number of aryl methyl sites for hydroxylation is 1. The number of amides is 3. The number of para-hydroxylation sites is 1. The van der Waals surface area contributed by atoms with Gasteiger partial charge in [-0.15, -0.1) is 0 Å². The maximum Gasteiger partial charge on any atom is 0.319 e. The molecule has 23 heavy (non-hydrogen) atoms. The SMILES string of the molecule is Cc1c(CNC(=O)N2CC(=O)N(C3CC3)C2)oc2ccccc12. The molecule has 4 rings (SSSR count). The van der Waals surface area contributed by atoms with Crippen LogP contribution in [0.15, 0.2) is 28.7 Å². The number of rotatable bonds is 3. The van der Waals surface area contributed by atoms with Crippen LogP contribution in [0.2, 0.25) is 0 Å². The van der Waals surface area contributed by atoms with Gasteiger partial charge in [0, 0.05) is 17.0 Å². The molecule has 1 aromatic heterocycles. The number of carbonyl (C=O) groups is 2. The quantitative estimate of drug-likeness (QED) is 0.945. The molecular weight excluding hydrogens is 294 g/mol. The summed E-state index contributed by atoms with van der Waals surface area (Å²) in [6.45, 7) is 2.88. The molecule has 3 amide bonds. The zero-order chi connectivity index (χ0) is 16.0. The van der Waals surface area contributed by atoms with Gasteiger partial charge in [0.15, 0.2) is 0 Å². The zero-order valence-corrected chi connectivity index (χ0v) is 13.0. The lowest BCUT2D eigenvalue weighted by Crippen LogP contribution is -2.39. The molecule has 2 fully saturated rings. The van der Waals surface area contributed by atoms with Gasteiger partial charge in [0.05, 0.1) is 13.2 Å². The Labute approximate surface area is 134 Å². The van der Waals surface area contributed by atoms with Gasteiger partial charge in [-0.25, -0.2) is 4.79 Å². The van der Waals surface area contributed by atoms with E-state index in [0.29, 0.717) is 19.3 Å². The van der Waals surface area contributed by atoms with E-state index in [1.807, 2.05) is 31.2 Å². The molecule has 2 aliphatic rings. The highest BCUT2D eigenvalue weighted by Gasteiger charge is 2.39. The average molecular weight is 313 g/mol. The van der Waals surface area contributed by atoms with Gasteiger partial charge in [-0.2, -0.15) is 0 Å². The highest BCUT2D eigenvalue weighted by molar-refractivity contribution is 5.87. The van der Waals surface area contributed by atoms with Crippen molar-refractivity contribution in [3.63, 3.8) is 0 Å². The van der Waals surface area contributed by atoms with E-state index in [1.54, 1.807) is 9.80 Å². The van der Waals surface area contributed by atoms with Crippen molar-refractivity contribution in [2.45, 2.75) is 32.4 Å². The van der Waals surface area contributed by atoms with Gasteiger partial charge in [-0.1, -0.05) is 18.2 Å². The summed E-state index contributed by atoms with van der Waals surface area (Å²) < 4.78 is 5.79. The second-order valence-corrected chi connectivity index (χ2v) is 6.24. The Morgan fingerprint density at radius 3 is 2.87 bits per heavy atom. The molecule has 0 bridgehead atoms. The molecule has 1 saturated heterocycles. The van der Waals surface area contributed by atoms with Crippen LogP contribution >= 0.6 is 0 Å². The largest absolute Gasteiger partial charge is 0.459 e. The normalized spacial score (nSPS) is 18.0. The summed E-state index contributed by atoms with van der Waals surface area (Å²) in [5.41, 5.74) is 1.86. The summed E-state index contributed by atoms with van der Waals surface area (Å²) in [6.07, 6.45) is 2.11. The van der Waals surface area contributed by atoms with E-state index in [1.165, 1.54) is 0 Å². The Hall–Kier alpha value is -2.50. The van der Waals surface area contributed by atoms with Gasteiger partial charge in [0.1, 0.15) is 17.9 Å². The molecule has 2 heterocycles. The molecule has 0 unspecified atom stereocenters. The summed E-state index contributed by atoms with van der Waals surface area (Å²) in [5.74, 6) is 0.798. The Bertz CT molecular complexity index is 778. The topological polar surface area (TPSA) is 65.8 Å². The van der Waals surface area contributed by atoms with Crippen molar-refractivity contribution in [1.82, 2.24) is 15.1 Å². The first kappa shape index (κ1) is 14.1. The van der Waals surface area contributed by atoms with Gasteiger partial charge in [0.2, 0.25) is 5.91 Å². The zero-order valence-electron chi connectivity index (χ0n) is 13.0. The third-order valence-corrected chi connectivity index (χ3v) is 4.59. The number of benzene rings is 1. The summed E-state index contributed by atoms with van der Waals surface area (Å²) >= 11 is 0. The number of hydrogen-bond donors (Lipinski definition) is 1. The van der Waals surface area contributed by atoms with Crippen molar-refractivity contribution >= 4 is 22.9 Å². The lowest BCUT2D eigenvalue weighted by Gasteiger charge is -2.17. The summed E-state index contributed by atoms with van der Waals surface area (Å²) in [7, 11) is 0. The standard InChI is InChI=1S/C17H19N3O3/c1-11-13-4-2-3-5-14(13)23-15(11)8-18-17(22)19-9-16(21)20(10-19)12-6-7-12/h2-5,12H,6-10H2,1H3,(H,18,22). The molecule has 1 aliphatic carbocycles. The van der Waals surface area contributed by atoms with Gasteiger partial charge in [0.25, 0.3) is 0 Å². The first-order valence-corrected chi connectivity index (χ1v) is 7.93. The second-order valence-electron chi connectivity index (χ2n) is 6.24. The molecule has 1 saturated carbocycles. The molecular formula is C17H19N3O3. The fourth-order valence-corrected chi connectivity index (χ4v) is 3.07. The number of furan rings is 1. The van der Waals surface area contributed by atoms with Crippen LogP contribution < -0.4 is 5.32 Å². The molecule has 6 heteroatoms. The van der Waals surface area contributed by atoms with E-state index in [-0.39, 0.29) is 18.5 Å². The van der Waals surface area contributed by atoms with Gasteiger partial charge < -0.3 is 14.6 Å². The van der Waals surface area contributed by atoms with E-state index < -0.39 is 0 Å². The molecule has 0 atom stereocenters. The van der Waals surface area contributed by atoms with Crippen molar-refractivity contribution in [2.24, 2.45) is 0 Å². The van der Waals surface area contributed by atoms with Crippen LogP contribution in [-0.2, 0) is 11.3 Å².